The standard InChI is InChI=1S/C20H23N7O2S/c1-14-20(23-13-25(14)2)30(28,29)24-17-7-16-6-15(8-21)4-5-19(16)27(10-17)11-18-9-22-12-26(18)3/h4-6,9,12-13,17,24H,7,10-11H2,1-3H3. The quantitative estimate of drug-likeness (QED) is 0.659. The molecule has 1 N–H and O–H groups in total. The summed E-state index contributed by atoms with van der Waals surface area (Å²) in [6, 6.07) is 7.35. The molecule has 10 heteroatoms. The zero-order valence-corrected chi connectivity index (χ0v) is 17.9. The molecule has 4 rings (SSSR count). The van der Waals surface area contributed by atoms with E-state index < -0.39 is 10.0 Å². The van der Waals surface area contributed by atoms with Crippen LogP contribution in [0, 0.1) is 18.3 Å². The van der Waals surface area contributed by atoms with Gasteiger partial charge in [-0.25, -0.2) is 23.1 Å². The average molecular weight is 426 g/mol. The molecule has 30 heavy (non-hydrogen) atoms. The normalized spacial score (nSPS) is 16.3. The summed E-state index contributed by atoms with van der Waals surface area (Å²) in [6.07, 6.45) is 5.53. The molecule has 0 saturated heterocycles. The lowest BCUT2D eigenvalue weighted by Gasteiger charge is -2.36. The molecule has 0 bridgehead atoms. The number of imidazole rings is 2. The molecule has 9 nitrogen and oxygen atoms in total. The van der Waals surface area contributed by atoms with Crippen molar-refractivity contribution in [3.63, 3.8) is 0 Å². The Kier molecular flexibility index (Phi) is 5.09. The fraction of sp³-hybridized carbons (Fsp3) is 0.350. The average Bonchev–Trinajstić information content (AvgIpc) is 3.26. The van der Waals surface area contributed by atoms with Gasteiger partial charge in [0, 0.05) is 38.6 Å². The van der Waals surface area contributed by atoms with Gasteiger partial charge in [0.15, 0.2) is 5.03 Å². The summed E-state index contributed by atoms with van der Waals surface area (Å²) < 4.78 is 32.4. The predicted molar refractivity (Wildman–Crippen MR) is 111 cm³/mol. The molecule has 2 aromatic heterocycles. The van der Waals surface area contributed by atoms with Crippen LogP contribution in [0.25, 0.3) is 0 Å². The summed E-state index contributed by atoms with van der Waals surface area (Å²) in [5.74, 6) is 0. The second-order valence-electron chi connectivity index (χ2n) is 7.60. The number of hydrogen-bond acceptors (Lipinski definition) is 6. The van der Waals surface area contributed by atoms with Gasteiger partial charge in [0.25, 0.3) is 10.0 Å². The Bertz CT molecular complexity index is 1240. The Balaban J connectivity index is 1.66. The fourth-order valence-corrected chi connectivity index (χ4v) is 5.22. The van der Waals surface area contributed by atoms with Crippen LogP contribution >= 0.6 is 0 Å². The van der Waals surface area contributed by atoms with Gasteiger partial charge in [-0.05, 0) is 37.1 Å². The van der Waals surface area contributed by atoms with Crippen molar-refractivity contribution in [3.05, 3.63) is 59.6 Å². The van der Waals surface area contributed by atoms with Crippen molar-refractivity contribution >= 4 is 15.7 Å². The van der Waals surface area contributed by atoms with Crippen LogP contribution in [-0.4, -0.2) is 40.1 Å². The smallest absolute Gasteiger partial charge is 0.260 e. The van der Waals surface area contributed by atoms with Gasteiger partial charge in [0.1, 0.15) is 0 Å². The number of sulfonamides is 1. The SMILES string of the molecule is Cc1c(S(=O)(=O)NC2Cc3cc(C#N)ccc3N(Cc3cncn3C)C2)ncn1C. The fourth-order valence-electron chi connectivity index (χ4n) is 3.79. The minimum atomic E-state index is -3.77. The number of anilines is 1. The molecule has 1 unspecified atom stereocenters. The van der Waals surface area contributed by atoms with Crippen molar-refractivity contribution in [2.24, 2.45) is 14.1 Å². The topological polar surface area (TPSA) is 109 Å². The minimum absolute atomic E-state index is 0.0414. The largest absolute Gasteiger partial charge is 0.364 e. The zero-order valence-electron chi connectivity index (χ0n) is 17.1. The van der Waals surface area contributed by atoms with Crippen molar-refractivity contribution in [1.29, 1.82) is 5.26 Å². The predicted octanol–water partition coefficient (Wildman–Crippen LogP) is 1.24. The van der Waals surface area contributed by atoms with Gasteiger partial charge in [0.05, 0.1) is 42.2 Å². The van der Waals surface area contributed by atoms with Gasteiger partial charge >= 0.3 is 0 Å². The number of nitrogens with zero attached hydrogens (tertiary/aromatic N) is 6. The highest BCUT2D eigenvalue weighted by atomic mass is 32.2. The van der Waals surface area contributed by atoms with Crippen LogP contribution in [0.1, 0.15) is 22.5 Å². The molecule has 1 aliphatic heterocycles. The number of rotatable bonds is 5. The summed E-state index contributed by atoms with van der Waals surface area (Å²) in [4.78, 5) is 10.4. The monoisotopic (exact) mass is 425 g/mol. The zero-order chi connectivity index (χ0) is 21.5. The third-order valence-electron chi connectivity index (χ3n) is 5.49. The molecular formula is C20H23N7O2S. The Morgan fingerprint density at radius 2 is 2.07 bits per heavy atom. The molecule has 1 atom stereocenters. The maximum Gasteiger partial charge on any atom is 0.260 e. The Labute approximate surface area is 175 Å². The van der Waals surface area contributed by atoms with E-state index in [4.69, 9.17) is 0 Å². The molecule has 0 aliphatic carbocycles. The van der Waals surface area contributed by atoms with Gasteiger partial charge in [-0.3, -0.25) is 0 Å². The number of benzene rings is 1. The highest BCUT2D eigenvalue weighted by Crippen LogP contribution is 2.30. The molecule has 0 saturated carbocycles. The third-order valence-corrected chi connectivity index (χ3v) is 7.04. The van der Waals surface area contributed by atoms with Crippen LogP contribution in [-0.2, 0) is 37.1 Å². The second-order valence-corrected chi connectivity index (χ2v) is 9.23. The van der Waals surface area contributed by atoms with Crippen LogP contribution in [0.4, 0.5) is 5.69 Å². The van der Waals surface area contributed by atoms with Crippen molar-refractivity contribution < 1.29 is 8.42 Å². The summed E-state index contributed by atoms with van der Waals surface area (Å²) in [7, 11) is -0.0850. The first kappa shape index (κ1) is 20.1. The van der Waals surface area contributed by atoms with Gasteiger partial charge < -0.3 is 14.0 Å². The molecule has 1 aromatic carbocycles. The molecule has 156 valence electrons. The third kappa shape index (κ3) is 3.69. The lowest BCUT2D eigenvalue weighted by molar-refractivity contribution is 0.519. The van der Waals surface area contributed by atoms with E-state index in [2.05, 4.69) is 25.7 Å². The molecule has 3 heterocycles. The Morgan fingerprint density at radius 1 is 1.27 bits per heavy atom. The van der Waals surface area contributed by atoms with Gasteiger partial charge in [-0.15, -0.1) is 0 Å². The summed E-state index contributed by atoms with van der Waals surface area (Å²) in [5, 5.41) is 9.33. The first-order valence-electron chi connectivity index (χ1n) is 9.52. The molecular weight excluding hydrogens is 402 g/mol. The highest BCUT2D eigenvalue weighted by Gasteiger charge is 2.30. The van der Waals surface area contributed by atoms with Crippen molar-refractivity contribution in [1.82, 2.24) is 23.8 Å². The molecule has 1 aliphatic rings. The maximum absolute atomic E-state index is 13.0. The van der Waals surface area contributed by atoms with Crippen molar-refractivity contribution in [2.45, 2.75) is 31.0 Å². The number of hydrogen-bond donors (Lipinski definition) is 1. The van der Waals surface area contributed by atoms with Crippen molar-refractivity contribution in [2.75, 3.05) is 11.4 Å². The van der Waals surface area contributed by atoms with E-state index in [1.165, 1.54) is 6.33 Å². The minimum Gasteiger partial charge on any atom is -0.364 e. The second kappa shape index (κ2) is 7.59. The van der Waals surface area contributed by atoms with Crippen LogP contribution < -0.4 is 9.62 Å². The number of aryl methyl sites for hydroxylation is 2. The van der Waals surface area contributed by atoms with Crippen LogP contribution in [0.2, 0.25) is 0 Å². The van der Waals surface area contributed by atoms with Crippen molar-refractivity contribution in [3.8, 4) is 6.07 Å². The summed E-state index contributed by atoms with van der Waals surface area (Å²) >= 11 is 0. The van der Waals surface area contributed by atoms with E-state index in [9.17, 15) is 13.7 Å². The van der Waals surface area contributed by atoms with Crippen LogP contribution in [0.5, 0.6) is 0 Å². The summed E-state index contributed by atoms with van der Waals surface area (Å²) in [5.41, 5.74) is 4.08. The number of nitrogens with one attached hydrogen (secondary N) is 1. The van der Waals surface area contributed by atoms with E-state index in [-0.39, 0.29) is 11.1 Å². The number of aromatic nitrogens is 4. The molecule has 3 aromatic rings. The van der Waals surface area contributed by atoms with Crippen LogP contribution in [0.15, 0.2) is 42.1 Å². The number of fused-ring (bicyclic) bond motifs is 1. The summed E-state index contributed by atoms with van der Waals surface area (Å²) in [6.45, 7) is 2.80. The number of nitriles is 1. The Hall–Kier alpha value is -3.16. The van der Waals surface area contributed by atoms with Crippen LogP contribution in [0.3, 0.4) is 0 Å². The van der Waals surface area contributed by atoms with Gasteiger partial charge in [0.2, 0.25) is 0 Å². The lowest BCUT2D eigenvalue weighted by atomic mass is 9.96. The lowest BCUT2D eigenvalue weighted by Crippen LogP contribution is -2.48. The Morgan fingerprint density at radius 3 is 2.70 bits per heavy atom. The first-order valence-corrected chi connectivity index (χ1v) is 11.0. The van der Waals surface area contributed by atoms with E-state index in [0.29, 0.717) is 30.8 Å². The molecule has 0 radical (unpaired) electrons. The van der Waals surface area contributed by atoms with Gasteiger partial charge in [-0.1, -0.05) is 0 Å². The maximum atomic E-state index is 13.0. The molecule has 0 spiro atoms. The van der Waals surface area contributed by atoms with E-state index >= 15 is 0 Å². The van der Waals surface area contributed by atoms with Gasteiger partial charge in [-0.2, -0.15) is 5.26 Å². The molecule has 0 fully saturated rings. The molecule has 0 amide bonds. The highest BCUT2D eigenvalue weighted by molar-refractivity contribution is 7.89. The first-order chi connectivity index (χ1) is 14.3. The van der Waals surface area contributed by atoms with E-state index in [1.54, 1.807) is 37.1 Å². The van der Waals surface area contributed by atoms with E-state index in [0.717, 1.165) is 16.9 Å². The van der Waals surface area contributed by atoms with E-state index in [1.807, 2.05) is 23.7 Å².